The van der Waals surface area contributed by atoms with Gasteiger partial charge in [-0.3, -0.25) is 4.79 Å². The molecule has 0 aliphatic carbocycles. The predicted octanol–water partition coefficient (Wildman–Crippen LogP) is 3.06. The van der Waals surface area contributed by atoms with Crippen molar-refractivity contribution in [2.75, 3.05) is 0 Å². The van der Waals surface area contributed by atoms with Crippen LogP contribution in [-0.4, -0.2) is 23.0 Å². The lowest BCUT2D eigenvalue weighted by Gasteiger charge is -2.16. The summed E-state index contributed by atoms with van der Waals surface area (Å²) in [6.45, 7) is 3.87. The van der Waals surface area contributed by atoms with Gasteiger partial charge in [0.25, 0.3) is 0 Å². The lowest BCUT2D eigenvalue weighted by Crippen LogP contribution is -2.41. The van der Waals surface area contributed by atoms with Gasteiger partial charge in [-0.15, -0.1) is 11.3 Å². The van der Waals surface area contributed by atoms with Gasteiger partial charge >= 0.3 is 5.97 Å². The molecule has 1 amide bonds. The molecule has 1 atom stereocenters. The van der Waals surface area contributed by atoms with Crippen molar-refractivity contribution >= 4 is 39.1 Å². The SMILES string of the molecule is CC(C)C[C@@H](NC(=O)CCc1cc(Br)cs1)C(=O)O. The highest BCUT2D eigenvalue weighted by atomic mass is 79.9. The van der Waals surface area contributed by atoms with Crippen molar-refractivity contribution in [2.45, 2.75) is 39.2 Å². The Kier molecular flexibility index (Phi) is 6.51. The highest BCUT2D eigenvalue weighted by Crippen LogP contribution is 2.20. The molecule has 0 fully saturated rings. The average Bonchev–Trinajstić information content (AvgIpc) is 2.71. The number of amides is 1. The summed E-state index contributed by atoms with van der Waals surface area (Å²) in [4.78, 5) is 23.9. The number of carbonyl (C=O) groups excluding carboxylic acids is 1. The summed E-state index contributed by atoms with van der Waals surface area (Å²) in [5.74, 6) is -0.951. The first-order valence-electron chi connectivity index (χ1n) is 6.13. The molecule has 2 N–H and O–H groups in total. The van der Waals surface area contributed by atoms with Crippen LogP contribution in [0.15, 0.2) is 15.9 Å². The van der Waals surface area contributed by atoms with E-state index in [4.69, 9.17) is 5.11 Å². The summed E-state index contributed by atoms with van der Waals surface area (Å²) in [6, 6.07) is 1.18. The van der Waals surface area contributed by atoms with Gasteiger partial charge in [0.05, 0.1) is 0 Å². The molecule has 6 heteroatoms. The first-order valence-corrected chi connectivity index (χ1v) is 7.80. The smallest absolute Gasteiger partial charge is 0.326 e. The number of carboxylic acid groups (broad SMARTS) is 1. The van der Waals surface area contributed by atoms with Crippen LogP contribution in [0.3, 0.4) is 0 Å². The zero-order valence-electron chi connectivity index (χ0n) is 11.0. The molecule has 1 aromatic heterocycles. The van der Waals surface area contributed by atoms with Crippen LogP contribution in [0.25, 0.3) is 0 Å². The molecular formula is C13H18BrNO3S. The molecule has 0 spiro atoms. The summed E-state index contributed by atoms with van der Waals surface area (Å²) in [5, 5.41) is 13.6. The van der Waals surface area contributed by atoms with Gasteiger partial charge in [0, 0.05) is 21.2 Å². The molecule has 0 unspecified atom stereocenters. The summed E-state index contributed by atoms with van der Waals surface area (Å²) >= 11 is 4.94. The van der Waals surface area contributed by atoms with Gasteiger partial charge in [0.2, 0.25) is 5.91 Å². The summed E-state index contributed by atoms with van der Waals surface area (Å²) in [6.07, 6.45) is 1.40. The van der Waals surface area contributed by atoms with E-state index < -0.39 is 12.0 Å². The van der Waals surface area contributed by atoms with Crippen LogP contribution in [0.2, 0.25) is 0 Å². The van der Waals surface area contributed by atoms with Crippen molar-refractivity contribution in [1.82, 2.24) is 5.32 Å². The first kappa shape index (κ1) is 16.2. The molecular weight excluding hydrogens is 330 g/mol. The highest BCUT2D eigenvalue weighted by molar-refractivity contribution is 9.10. The van der Waals surface area contributed by atoms with Crippen LogP contribution in [0.5, 0.6) is 0 Å². The van der Waals surface area contributed by atoms with E-state index in [1.54, 1.807) is 11.3 Å². The number of hydrogen-bond acceptors (Lipinski definition) is 3. The van der Waals surface area contributed by atoms with Gasteiger partial charge in [0.1, 0.15) is 6.04 Å². The number of aliphatic carboxylic acids is 1. The fraction of sp³-hybridized carbons (Fsp3) is 0.538. The van der Waals surface area contributed by atoms with Crippen molar-refractivity contribution in [3.8, 4) is 0 Å². The minimum absolute atomic E-state index is 0.211. The molecule has 1 heterocycles. The number of carboxylic acids is 1. The third kappa shape index (κ3) is 6.20. The van der Waals surface area contributed by atoms with Crippen molar-refractivity contribution in [3.63, 3.8) is 0 Å². The van der Waals surface area contributed by atoms with Gasteiger partial charge in [-0.2, -0.15) is 0 Å². The van der Waals surface area contributed by atoms with Crippen LogP contribution < -0.4 is 5.32 Å². The number of rotatable bonds is 7. The van der Waals surface area contributed by atoms with E-state index in [0.717, 1.165) is 9.35 Å². The topological polar surface area (TPSA) is 66.4 Å². The maximum atomic E-state index is 11.7. The summed E-state index contributed by atoms with van der Waals surface area (Å²) < 4.78 is 1.01. The second-order valence-electron chi connectivity index (χ2n) is 4.82. The maximum Gasteiger partial charge on any atom is 0.326 e. The minimum Gasteiger partial charge on any atom is -0.480 e. The molecule has 106 valence electrons. The average molecular weight is 348 g/mol. The van der Waals surface area contributed by atoms with Gasteiger partial charge in [0.15, 0.2) is 0 Å². The van der Waals surface area contributed by atoms with Crippen molar-refractivity contribution in [1.29, 1.82) is 0 Å². The Hall–Kier alpha value is -0.880. The molecule has 0 saturated heterocycles. The number of thiophene rings is 1. The van der Waals surface area contributed by atoms with Crippen LogP contribution in [0.4, 0.5) is 0 Å². The molecule has 0 aromatic carbocycles. The van der Waals surface area contributed by atoms with Crippen LogP contribution >= 0.6 is 27.3 Å². The standard InChI is InChI=1S/C13H18BrNO3S/c1-8(2)5-11(13(17)18)15-12(16)4-3-10-6-9(14)7-19-10/h6-8,11H,3-5H2,1-2H3,(H,15,16)(H,17,18)/t11-/m1/s1. The number of carbonyl (C=O) groups is 2. The van der Waals surface area contributed by atoms with E-state index in [9.17, 15) is 9.59 Å². The fourth-order valence-electron chi connectivity index (χ4n) is 1.68. The first-order chi connectivity index (χ1) is 8.88. The summed E-state index contributed by atoms with van der Waals surface area (Å²) in [5.41, 5.74) is 0. The normalized spacial score (nSPS) is 12.4. The molecule has 4 nitrogen and oxygen atoms in total. The largest absolute Gasteiger partial charge is 0.480 e. The Balaban J connectivity index is 2.42. The molecule has 1 aromatic rings. The molecule has 0 aliphatic heterocycles. The van der Waals surface area contributed by atoms with E-state index in [1.165, 1.54) is 0 Å². The monoisotopic (exact) mass is 347 g/mol. The van der Waals surface area contributed by atoms with E-state index >= 15 is 0 Å². The second kappa shape index (κ2) is 7.65. The Morgan fingerprint density at radius 2 is 2.16 bits per heavy atom. The number of aryl methyl sites for hydroxylation is 1. The van der Waals surface area contributed by atoms with Crippen LogP contribution in [0.1, 0.15) is 31.6 Å². The molecule has 19 heavy (non-hydrogen) atoms. The van der Waals surface area contributed by atoms with E-state index in [0.29, 0.717) is 19.3 Å². The molecule has 0 saturated carbocycles. The third-order valence-corrected chi connectivity index (χ3v) is 4.32. The zero-order valence-corrected chi connectivity index (χ0v) is 13.4. The van der Waals surface area contributed by atoms with Crippen LogP contribution in [0, 0.1) is 5.92 Å². The predicted molar refractivity (Wildman–Crippen MR) is 79.4 cm³/mol. The van der Waals surface area contributed by atoms with Crippen molar-refractivity contribution < 1.29 is 14.7 Å². The molecule has 0 radical (unpaired) electrons. The highest BCUT2D eigenvalue weighted by Gasteiger charge is 2.20. The van der Waals surface area contributed by atoms with Gasteiger partial charge in [-0.1, -0.05) is 13.8 Å². The van der Waals surface area contributed by atoms with Crippen molar-refractivity contribution in [3.05, 3.63) is 20.8 Å². The van der Waals surface area contributed by atoms with E-state index in [1.807, 2.05) is 25.3 Å². The van der Waals surface area contributed by atoms with Gasteiger partial charge < -0.3 is 10.4 Å². The van der Waals surface area contributed by atoms with E-state index in [2.05, 4.69) is 21.2 Å². The summed E-state index contributed by atoms with van der Waals surface area (Å²) in [7, 11) is 0. The van der Waals surface area contributed by atoms with E-state index in [-0.39, 0.29) is 11.8 Å². The van der Waals surface area contributed by atoms with Gasteiger partial charge in [-0.25, -0.2) is 4.79 Å². The lowest BCUT2D eigenvalue weighted by atomic mass is 10.0. The number of hydrogen-bond donors (Lipinski definition) is 2. The molecule has 0 aliphatic rings. The Morgan fingerprint density at radius 3 is 2.63 bits per heavy atom. The van der Waals surface area contributed by atoms with Crippen molar-refractivity contribution in [2.24, 2.45) is 5.92 Å². The fourth-order valence-corrected chi connectivity index (χ4v) is 3.14. The third-order valence-electron chi connectivity index (χ3n) is 2.56. The number of nitrogens with one attached hydrogen (secondary N) is 1. The van der Waals surface area contributed by atoms with Crippen LogP contribution in [-0.2, 0) is 16.0 Å². The Bertz CT molecular complexity index is 445. The zero-order chi connectivity index (χ0) is 14.4. The lowest BCUT2D eigenvalue weighted by molar-refractivity contribution is -0.142. The number of halogens is 1. The minimum atomic E-state index is -0.971. The Labute approximate surface area is 125 Å². The second-order valence-corrected chi connectivity index (χ2v) is 6.73. The molecule has 1 rings (SSSR count). The molecule has 0 bridgehead atoms. The Morgan fingerprint density at radius 1 is 1.47 bits per heavy atom. The maximum absolute atomic E-state index is 11.7. The van der Waals surface area contributed by atoms with Gasteiger partial charge in [-0.05, 0) is 40.8 Å². The quantitative estimate of drug-likeness (QED) is 0.796.